The smallest absolute Gasteiger partial charge is 0.416 e. The molecule has 1 atom stereocenters. The van der Waals surface area contributed by atoms with Crippen LogP contribution in [0.4, 0.5) is 18.0 Å². The molecule has 9 heteroatoms. The fourth-order valence-corrected chi connectivity index (χ4v) is 3.51. The van der Waals surface area contributed by atoms with Gasteiger partial charge in [0.1, 0.15) is 11.4 Å². The molecule has 0 unspecified atom stereocenters. The summed E-state index contributed by atoms with van der Waals surface area (Å²) in [6.07, 6.45) is -3.53. The maximum absolute atomic E-state index is 13.0. The summed E-state index contributed by atoms with van der Waals surface area (Å²) in [5, 5.41) is -0.0779. The number of carbonyl (C=O) groups is 1. The van der Waals surface area contributed by atoms with Crippen molar-refractivity contribution in [1.82, 2.24) is 14.5 Å². The molecule has 1 fully saturated rings. The fourth-order valence-electron chi connectivity index (χ4n) is 3.51. The van der Waals surface area contributed by atoms with Gasteiger partial charge in [-0.2, -0.15) is 13.2 Å². The number of hydrogen-bond acceptors (Lipinski definition) is 4. The third-order valence-electron chi connectivity index (χ3n) is 4.88. The van der Waals surface area contributed by atoms with Crippen LogP contribution in [0, 0.1) is 0 Å². The van der Waals surface area contributed by atoms with Crippen LogP contribution in [-0.4, -0.2) is 39.2 Å². The second kappa shape index (κ2) is 7.35. The Morgan fingerprint density at radius 1 is 1.24 bits per heavy atom. The second-order valence-corrected chi connectivity index (χ2v) is 8.33. The van der Waals surface area contributed by atoms with E-state index >= 15 is 0 Å². The number of ether oxygens (including phenoxy) is 1. The summed E-state index contributed by atoms with van der Waals surface area (Å²) in [4.78, 5) is 31.2. The SMILES string of the molecule is Cn1c([C@@H]2CCCN(C(=O)OC(C)(C)C)C2)nc2ccc(C(F)(F)F)cc2c1=O. The van der Waals surface area contributed by atoms with E-state index in [-0.39, 0.29) is 16.8 Å². The van der Waals surface area contributed by atoms with Crippen molar-refractivity contribution >= 4 is 17.0 Å². The number of hydrogen-bond donors (Lipinski definition) is 0. The molecular weight excluding hydrogens is 387 g/mol. The average molecular weight is 411 g/mol. The Kier molecular flexibility index (Phi) is 5.36. The number of halogens is 3. The Morgan fingerprint density at radius 2 is 1.93 bits per heavy atom. The second-order valence-electron chi connectivity index (χ2n) is 8.33. The van der Waals surface area contributed by atoms with Crippen molar-refractivity contribution in [2.75, 3.05) is 13.1 Å². The highest BCUT2D eigenvalue weighted by molar-refractivity contribution is 5.78. The molecule has 1 aliphatic heterocycles. The molecular formula is C20H24F3N3O3. The van der Waals surface area contributed by atoms with Crippen LogP contribution in [0.3, 0.4) is 0 Å². The van der Waals surface area contributed by atoms with Crippen LogP contribution >= 0.6 is 0 Å². The molecule has 158 valence electrons. The Bertz CT molecular complexity index is 993. The maximum atomic E-state index is 13.0. The van der Waals surface area contributed by atoms with Gasteiger partial charge in [0, 0.05) is 26.1 Å². The summed E-state index contributed by atoms with van der Waals surface area (Å²) in [5.74, 6) is 0.246. The van der Waals surface area contributed by atoms with Crippen molar-refractivity contribution in [1.29, 1.82) is 0 Å². The molecule has 1 amide bonds. The lowest BCUT2D eigenvalue weighted by Crippen LogP contribution is -2.43. The lowest BCUT2D eigenvalue weighted by molar-refractivity contribution is -0.137. The first-order valence-corrected chi connectivity index (χ1v) is 9.42. The predicted octanol–water partition coefficient (Wildman–Crippen LogP) is 4.07. The first kappa shape index (κ1) is 21.1. The van der Waals surface area contributed by atoms with Crippen LogP contribution < -0.4 is 5.56 Å². The average Bonchev–Trinajstić information content (AvgIpc) is 2.62. The Hall–Kier alpha value is -2.58. The minimum Gasteiger partial charge on any atom is -0.444 e. The number of piperidine rings is 1. The van der Waals surface area contributed by atoms with Crippen LogP contribution in [0.15, 0.2) is 23.0 Å². The van der Waals surface area contributed by atoms with Crippen molar-refractivity contribution in [3.8, 4) is 0 Å². The largest absolute Gasteiger partial charge is 0.444 e. The van der Waals surface area contributed by atoms with Gasteiger partial charge in [-0.15, -0.1) is 0 Å². The van der Waals surface area contributed by atoms with Gasteiger partial charge in [0.25, 0.3) is 5.56 Å². The topological polar surface area (TPSA) is 64.4 Å². The molecule has 6 nitrogen and oxygen atoms in total. The van der Waals surface area contributed by atoms with Gasteiger partial charge in [-0.1, -0.05) is 0 Å². The van der Waals surface area contributed by atoms with E-state index in [1.54, 1.807) is 25.7 Å². The molecule has 2 heterocycles. The summed E-state index contributed by atoms with van der Waals surface area (Å²) in [5.41, 5.74) is -1.82. The molecule has 1 aliphatic rings. The number of fused-ring (bicyclic) bond motifs is 1. The van der Waals surface area contributed by atoms with Crippen LogP contribution in [-0.2, 0) is 18.0 Å². The van der Waals surface area contributed by atoms with Crippen molar-refractivity contribution in [2.45, 2.75) is 51.3 Å². The number of benzene rings is 1. The van der Waals surface area contributed by atoms with E-state index in [0.29, 0.717) is 31.8 Å². The molecule has 3 rings (SSSR count). The van der Waals surface area contributed by atoms with Gasteiger partial charge >= 0.3 is 12.3 Å². The number of nitrogens with zero attached hydrogens (tertiary/aromatic N) is 3. The van der Waals surface area contributed by atoms with Gasteiger partial charge in [0.15, 0.2) is 0 Å². The van der Waals surface area contributed by atoms with E-state index < -0.39 is 29.0 Å². The molecule has 0 radical (unpaired) electrons. The number of carbonyl (C=O) groups excluding carboxylic acids is 1. The maximum Gasteiger partial charge on any atom is 0.416 e. The Balaban J connectivity index is 1.94. The quantitative estimate of drug-likeness (QED) is 0.710. The highest BCUT2D eigenvalue weighted by Gasteiger charge is 2.32. The van der Waals surface area contributed by atoms with Crippen molar-refractivity contribution < 1.29 is 22.7 Å². The minimum absolute atomic E-state index is 0.0779. The van der Waals surface area contributed by atoms with E-state index in [9.17, 15) is 22.8 Å². The zero-order valence-corrected chi connectivity index (χ0v) is 16.8. The van der Waals surface area contributed by atoms with Gasteiger partial charge < -0.3 is 9.64 Å². The molecule has 0 saturated carbocycles. The van der Waals surface area contributed by atoms with Gasteiger partial charge in [-0.25, -0.2) is 9.78 Å². The third kappa shape index (κ3) is 4.54. The van der Waals surface area contributed by atoms with Gasteiger partial charge in [0.05, 0.1) is 16.5 Å². The Morgan fingerprint density at radius 3 is 2.55 bits per heavy atom. The Labute approximate surface area is 166 Å². The molecule has 1 aromatic heterocycles. The van der Waals surface area contributed by atoms with Gasteiger partial charge in [-0.05, 0) is 51.8 Å². The van der Waals surface area contributed by atoms with Crippen LogP contribution in [0.5, 0.6) is 0 Å². The first-order chi connectivity index (χ1) is 13.4. The number of rotatable bonds is 1. The van der Waals surface area contributed by atoms with Gasteiger partial charge in [-0.3, -0.25) is 9.36 Å². The normalized spacial score (nSPS) is 18.2. The first-order valence-electron chi connectivity index (χ1n) is 9.42. The predicted molar refractivity (Wildman–Crippen MR) is 102 cm³/mol. The van der Waals surface area contributed by atoms with E-state index in [1.807, 2.05) is 0 Å². The summed E-state index contributed by atoms with van der Waals surface area (Å²) in [6.45, 7) is 6.24. The summed E-state index contributed by atoms with van der Waals surface area (Å²) >= 11 is 0. The zero-order chi connectivity index (χ0) is 21.6. The van der Waals surface area contributed by atoms with E-state index in [0.717, 1.165) is 12.1 Å². The van der Waals surface area contributed by atoms with Crippen molar-refractivity contribution in [3.63, 3.8) is 0 Å². The molecule has 0 aliphatic carbocycles. The number of likely N-dealkylation sites (tertiary alicyclic amines) is 1. The monoisotopic (exact) mass is 411 g/mol. The highest BCUT2D eigenvalue weighted by Crippen LogP contribution is 2.31. The molecule has 2 aromatic rings. The number of aromatic nitrogens is 2. The van der Waals surface area contributed by atoms with Crippen molar-refractivity contribution in [2.24, 2.45) is 7.05 Å². The third-order valence-corrected chi connectivity index (χ3v) is 4.88. The molecule has 0 bridgehead atoms. The summed E-state index contributed by atoms with van der Waals surface area (Å²) in [6, 6.07) is 2.98. The number of amides is 1. The summed E-state index contributed by atoms with van der Waals surface area (Å²) in [7, 11) is 1.50. The molecule has 1 aromatic carbocycles. The fraction of sp³-hybridized carbons (Fsp3) is 0.550. The number of alkyl halides is 3. The standard InChI is InChI=1S/C20H24F3N3O3/c1-19(2,3)29-18(28)26-9-5-6-12(11-26)16-24-15-8-7-13(20(21,22)23)10-14(15)17(27)25(16)4/h7-8,10,12H,5-6,9,11H2,1-4H3/t12-/m1/s1. The van der Waals surface area contributed by atoms with Gasteiger partial charge in [0.2, 0.25) is 0 Å². The highest BCUT2D eigenvalue weighted by atomic mass is 19.4. The lowest BCUT2D eigenvalue weighted by atomic mass is 9.97. The van der Waals surface area contributed by atoms with E-state index in [2.05, 4.69) is 4.98 Å². The molecule has 0 spiro atoms. The lowest BCUT2D eigenvalue weighted by Gasteiger charge is -2.34. The minimum atomic E-state index is -4.53. The van der Waals surface area contributed by atoms with E-state index in [1.165, 1.54) is 17.7 Å². The van der Waals surface area contributed by atoms with Crippen LogP contribution in [0.2, 0.25) is 0 Å². The molecule has 0 N–H and O–H groups in total. The van der Waals surface area contributed by atoms with Crippen LogP contribution in [0.1, 0.15) is 50.9 Å². The summed E-state index contributed by atoms with van der Waals surface area (Å²) < 4.78 is 45.6. The molecule has 29 heavy (non-hydrogen) atoms. The van der Waals surface area contributed by atoms with E-state index in [4.69, 9.17) is 4.74 Å². The zero-order valence-electron chi connectivity index (χ0n) is 16.8. The molecule has 1 saturated heterocycles. The van der Waals surface area contributed by atoms with Crippen molar-refractivity contribution in [3.05, 3.63) is 39.9 Å². The van der Waals surface area contributed by atoms with Crippen LogP contribution in [0.25, 0.3) is 10.9 Å².